The minimum Gasteiger partial charge on any atom is -0.381 e. The molecule has 8 heteroatoms. The predicted molar refractivity (Wildman–Crippen MR) is 124 cm³/mol. The molecule has 2 aliphatic rings. The molecule has 2 fully saturated rings. The molecule has 2 aromatic heterocycles. The Bertz CT molecular complexity index is 1010. The quantitative estimate of drug-likeness (QED) is 0.597. The summed E-state index contributed by atoms with van der Waals surface area (Å²) in [4.78, 5) is 16.8. The molecule has 2 unspecified atom stereocenters. The van der Waals surface area contributed by atoms with Crippen molar-refractivity contribution >= 4 is 17.2 Å². The number of carbonyl (C=O) groups excluding carboxylic acids is 1. The van der Waals surface area contributed by atoms with E-state index in [4.69, 9.17) is 14.6 Å². The van der Waals surface area contributed by atoms with Gasteiger partial charge in [-0.1, -0.05) is 24.3 Å². The molecule has 0 saturated carbocycles. The topological polar surface area (TPSA) is 68.6 Å². The Morgan fingerprint density at radius 3 is 2.69 bits per heavy atom. The third-order valence-corrected chi connectivity index (χ3v) is 7.11. The fraction of sp³-hybridized carbons (Fsp3) is 0.417. The number of morpholine rings is 1. The molecule has 2 atom stereocenters. The molecule has 2 aliphatic heterocycles. The van der Waals surface area contributed by atoms with Crippen molar-refractivity contribution in [3.05, 3.63) is 59.6 Å². The Morgan fingerprint density at radius 2 is 1.97 bits per heavy atom. The molecule has 1 aromatic carbocycles. The molecule has 0 radical (unpaired) electrons. The van der Waals surface area contributed by atoms with Gasteiger partial charge in [0.2, 0.25) is 0 Å². The van der Waals surface area contributed by atoms with Gasteiger partial charge in [0.1, 0.15) is 5.69 Å². The van der Waals surface area contributed by atoms with E-state index in [1.165, 1.54) is 0 Å². The molecule has 0 bridgehead atoms. The van der Waals surface area contributed by atoms with E-state index < -0.39 is 0 Å². The highest BCUT2D eigenvalue weighted by molar-refractivity contribution is 7.13. The molecular weight excluding hydrogens is 424 g/mol. The van der Waals surface area contributed by atoms with Gasteiger partial charge in [-0.2, -0.15) is 5.10 Å². The molecule has 5 rings (SSSR count). The standard InChI is InChI=1S/C24H28N4O3S/c29-24(25-15-21(18-8-11-31-17-18)27-9-12-30-13-10-27)20-16-28(19-5-2-1-3-6-19)26-23(20)22-7-4-14-32-22/h1-7,14,16,18,21H,8-13,15,17H2,(H,25,29). The minimum atomic E-state index is -0.0900. The van der Waals surface area contributed by atoms with Gasteiger partial charge in [0.25, 0.3) is 5.91 Å². The Morgan fingerprint density at radius 1 is 1.12 bits per heavy atom. The van der Waals surface area contributed by atoms with Crippen LogP contribution in [0.25, 0.3) is 16.3 Å². The fourth-order valence-corrected chi connectivity index (χ4v) is 5.22. The van der Waals surface area contributed by atoms with Crippen LogP contribution in [0.4, 0.5) is 0 Å². The molecular formula is C24H28N4O3S. The molecule has 4 heterocycles. The monoisotopic (exact) mass is 452 g/mol. The summed E-state index contributed by atoms with van der Waals surface area (Å²) in [5, 5.41) is 9.98. The number of amides is 1. The SMILES string of the molecule is O=C(NCC(C1CCOC1)N1CCOCC1)c1cn(-c2ccccc2)nc1-c1cccs1. The van der Waals surface area contributed by atoms with E-state index in [1.807, 2.05) is 54.0 Å². The maximum atomic E-state index is 13.4. The summed E-state index contributed by atoms with van der Waals surface area (Å²) < 4.78 is 13.0. The first kappa shape index (κ1) is 21.3. The molecule has 0 spiro atoms. The summed E-state index contributed by atoms with van der Waals surface area (Å²) in [5.41, 5.74) is 2.24. The number of ether oxygens (including phenoxy) is 2. The molecule has 0 aliphatic carbocycles. The molecule has 7 nitrogen and oxygen atoms in total. The number of para-hydroxylation sites is 1. The number of hydrogen-bond acceptors (Lipinski definition) is 6. The molecule has 2 saturated heterocycles. The maximum absolute atomic E-state index is 13.4. The van der Waals surface area contributed by atoms with Crippen LogP contribution in [0.15, 0.2) is 54.0 Å². The van der Waals surface area contributed by atoms with Crippen LogP contribution in [0.2, 0.25) is 0 Å². The van der Waals surface area contributed by atoms with Crippen molar-refractivity contribution in [2.24, 2.45) is 5.92 Å². The van der Waals surface area contributed by atoms with Crippen molar-refractivity contribution in [3.63, 3.8) is 0 Å². The second-order valence-corrected chi connectivity index (χ2v) is 9.15. The zero-order chi connectivity index (χ0) is 21.8. The molecule has 1 amide bonds. The fourth-order valence-electron chi connectivity index (χ4n) is 4.50. The zero-order valence-electron chi connectivity index (χ0n) is 18.0. The number of benzene rings is 1. The minimum absolute atomic E-state index is 0.0900. The van der Waals surface area contributed by atoms with E-state index in [2.05, 4.69) is 10.2 Å². The van der Waals surface area contributed by atoms with E-state index in [9.17, 15) is 4.79 Å². The summed E-state index contributed by atoms with van der Waals surface area (Å²) in [6.45, 7) is 5.41. The maximum Gasteiger partial charge on any atom is 0.255 e. The van der Waals surface area contributed by atoms with Crippen LogP contribution in [0.3, 0.4) is 0 Å². The number of thiophene rings is 1. The normalized spacial score (nSPS) is 20.3. The number of carbonyl (C=O) groups is 1. The Balaban J connectivity index is 1.37. The van der Waals surface area contributed by atoms with E-state index >= 15 is 0 Å². The van der Waals surface area contributed by atoms with Crippen molar-refractivity contribution in [2.45, 2.75) is 12.5 Å². The van der Waals surface area contributed by atoms with Crippen LogP contribution in [0, 0.1) is 5.92 Å². The highest BCUT2D eigenvalue weighted by atomic mass is 32.1. The van der Waals surface area contributed by atoms with Gasteiger partial charge >= 0.3 is 0 Å². The van der Waals surface area contributed by atoms with E-state index in [-0.39, 0.29) is 11.9 Å². The van der Waals surface area contributed by atoms with Gasteiger partial charge in [0, 0.05) is 44.4 Å². The second kappa shape index (κ2) is 9.95. The first-order chi connectivity index (χ1) is 15.8. The van der Waals surface area contributed by atoms with Crippen molar-refractivity contribution in [1.29, 1.82) is 0 Å². The largest absolute Gasteiger partial charge is 0.381 e. The van der Waals surface area contributed by atoms with Crippen LogP contribution in [-0.4, -0.2) is 72.7 Å². The zero-order valence-corrected chi connectivity index (χ0v) is 18.8. The Labute approximate surface area is 191 Å². The number of nitrogens with zero attached hydrogens (tertiary/aromatic N) is 3. The first-order valence-corrected chi connectivity index (χ1v) is 12.0. The van der Waals surface area contributed by atoms with E-state index in [0.29, 0.717) is 23.7 Å². The molecule has 1 N–H and O–H groups in total. The summed E-state index contributed by atoms with van der Waals surface area (Å²) in [6.07, 6.45) is 2.87. The van der Waals surface area contributed by atoms with Gasteiger partial charge in [0.15, 0.2) is 0 Å². The van der Waals surface area contributed by atoms with Crippen molar-refractivity contribution in [2.75, 3.05) is 46.1 Å². The summed E-state index contributed by atoms with van der Waals surface area (Å²) in [7, 11) is 0. The molecule has 168 valence electrons. The van der Waals surface area contributed by atoms with Gasteiger partial charge in [-0.05, 0) is 30.0 Å². The number of rotatable bonds is 7. The van der Waals surface area contributed by atoms with Gasteiger partial charge in [-0.3, -0.25) is 9.69 Å². The lowest BCUT2D eigenvalue weighted by Crippen LogP contribution is -2.52. The lowest BCUT2D eigenvalue weighted by molar-refractivity contribution is 0.00166. The van der Waals surface area contributed by atoms with Crippen molar-refractivity contribution < 1.29 is 14.3 Å². The summed E-state index contributed by atoms with van der Waals surface area (Å²) in [6, 6.07) is 14.1. The lowest BCUT2D eigenvalue weighted by Gasteiger charge is -2.37. The van der Waals surface area contributed by atoms with Crippen LogP contribution < -0.4 is 5.32 Å². The lowest BCUT2D eigenvalue weighted by atomic mass is 9.96. The van der Waals surface area contributed by atoms with Gasteiger partial charge < -0.3 is 14.8 Å². The Hall–Kier alpha value is -2.52. The highest BCUT2D eigenvalue weighted by Gasteiger charge is 2.32. The average Bonchev–Trinajstić information content (AvgIpc) is 3.62. The predicted octanol–water partition coefficient (Wildman–Crippen LogP) is 3.07. The number of hydrogen-bond donors (Lipinski definition) is 1. The smallest absolute Gasteiger partial charge is 0.255 e. The van der Waals surface area contributed by atoms with Gasteiger partial charge in [0.05, 0.1) is 35.9 Å². The van der Waals surface area contributed by atoms with Gasteiger partial charge in [-0.15, -0.1) is 11.3 Å². The van der Waals surface area contributed by atoms with Crippen LogP contribution in [0.5, 0.6) is 0 Å². The Kier molecular flexibility index (Phi) is 6.64. The van der Waals surface area contributed by atoms with Gasteiger partial charge in [-0.25, -0.2) is 4.68 Å². The number of aromatic nitrogens is 2. The highest BCUT2D eigenvalue weighted by Crippen LogP contribution is 2.28. The van der Waals surface area contributed by atoms with E-state index in [1.54, 1.807) is 16.0 Å². The first-order valence-electron chi connectivity index (χ1n) is 11.2. The summed E-state index contributed by atoms with van der Waals surface area (Å²) in [5.74, 6) is 0.338. The third kappa shape index (κ3) is 4.63. The van der Waals surface area contributed by atoms with E-state index in [0.717, 1.165) is 56.5 Å². The summed E-state index contributed by atoms with van der Waals surface area (Å²) >= 11 is 1.59. The van der Waals surface area contributed by atoms with Crippen LogP contribution in [-0.2, 0) is 9.47 Å². The van der Waals surface area contributed by atoms with Crippen LogP contribution >= 0.6 is 11.3 Å². The van der Waals surface area contributed by atoms with Crippen molar-refractivity contribution in [3.8, 4) is 16.3 Å². The van der Waals surface area contributed by atoms with Crippen LogP contribution in [0.1, 0.15) is 16.8 Å². The average molecular weight is 453 g/mol. The van der Waals surface area contributed by atoms with Crippen molar-refractivity contribution in [1.82, 2.24) is 20.0 Å². The second-order valence-electron chi connectivity index (χ2n) is 8.20. The number of nitrogens with one attached hydrogen (secondary N) is 1. The molecule has 3 aromatic rings. The third-order valence-electron chi connectivity index (χ3n) is 6.23. The molecule has 32 heavy (non-hydrogen) atoms.